The van der Waals surface area contributed by atoms with E-state index in [9.17, 15) is 4.39 Å². The van der Waals surface area contributed by atoms with Crippen molar-refractivity contribution >= 4 is 0 Å². The van der Waals surface area contributed by atoms with E-state index in [4.69, 9.17) is 9.47 Å². The second-order valence-electron chi connectivity index (χ2n) is 4.66. The molecule has 110 valence electrons. The maximum Gasteiger partial charge on any atom is 0.127 e. The van der Waals surface area contributed by atoms with Crippen molar-refractivity contribution in [2.45, 2.75) is 0 Å². The van der Waals surface area contributed by atoms with Crippen LogP contribution in [0.1, 0.15) is 0 Å². The highest BCUT2D eigenvalue weighted by atomic mass is 19.1. The Morgan fingerprint density at radius 3 is 2.09 bits per heavy atom. The van der Waals surface area contributed by atoms with E-state index in [1.54, 1.807) is 31.5 Å². The van der Waals surface area contributed by atoms with E-state index in [1.807, 2.05) is 30.3 Å². The number of aromatic nitrogens is 1. The van der Waals surface area contributed by atoms with Crippen molar-refractivity contribution in [2.75, 3.05) is 7.11 Å². The average molecular weight is 295 g/mol. The number of halogens is 1. The molecule has 0 aliphatic heterocycles. The monoisotopic (exact) mass is 295 g/mol. The lowest BCUT2D eigenvalue weighted by Crippen LogP contribution is -1.88. The van der Waals surface area contributed by atoms with Crippen LogP contribution < -0.4 is 9.47 Å². The molecule has 0 aliphatic carbocycles. The van der Waals surface area contributed by atoms with E-state index >= 15 is 0 Å². The van der Waals surface area contributed by atoms with Crippen LogP contribution in [0.2, 0.25) is 0 Å². The lowest BCUT2D eigenvalue weighted by molar-refractivity contribution is 0.414. The van der Waals surface area contributed by atoms with Crippen LogP contribution in [0.15, 0.2) is 66.9 Å². The van der Waals surface area contributed by atoms with Gasteiger partial charge in [0.05, 0.1) is 12.8 Å². The molecule has 0 atom stereocenters. The van der Waals surface area contributed by atoms with Gasteiger partial charge in [-0.1, -0.05) is 0 Å². The fourth-order valence-electron chi connectivity index (χ4n) is 2.03. The van der Waals surface area contributed by atoms with E-state index < -0.39 is 0 Å². The zero-order chi connectivity index (χ0) is 15.4. The predicted molar refractivity (Wildman–Crippen MR) is 82.7 cm³/mol. The minimum atomic E-state index is -0.285. The molecule has 0 N–H and O–H groups in total. The Balaban J connectivity index is 1.78. The highest BCUT2D eigenvalue weighted by molar-refractivity contribution is 5.61. The fourth-order valence-corrected chi connectivity index (χ4v) is 2.03. The largest absolute Gasteiger partial charge is 0.497 e. The normalized spacial score (nSPS) is 10.3. The van der Waals surface area contributed by atoms with Gasteiger partial charge in [0.2, 0.25) is 0 Å². The molecule has 3 rings (SSSR count). The summed E-state index contributed by atoms with van der Waals surface area (Å²) in [5.74, 6) is 1.75. The Morgan fingerprint density at radius 1 is 0.818 bits per heavy atom. The summed E-state index contributed by atoms with van der Waals surface area (Å²) in [7, 11) is 1.62. The number of nitrogens with zero attached hydrogens (tertiary/aromatic N) is 1. The van der Waals surface area contributed by atoms with E-state index in [1.165, 1.54) is 12.1 Å². The number of methoxy groups -OCH3 is 1. The molecule has 0 bridgehead atoms. The Kier molecular flexibility index (Phi) is 4.01. The molecule has 1 heterocycles. The average Bonchev–Trinajstić information content (AvgIpc) is 2.58. The molecule has 4 heteroatoms. The van der Waals surface area contributed by atoms with E-state index in [2.05, 4.69) is 4.98 Å². The Labute approximate surface area is 128 Å². The zero-order valence-corrected chi connectivity index (χ0v) is 12.0. The van der Waals surface area contributed by atoms with Crippen LogP contribution in [0.5, 0.6) is 17.2 Å². The Bertz CT molecular complexity index is 755. The molecule has 22 heavy (non-hydrogen) atoms. The standard InChI is InChI=1S/C18H14FNO2/c1-21-17-10-11-20-18(12-17)13-2-6-15(7-3-13)22-16-8-4-14(19)5-9-16/h2-12H,1H3. The van der Waals surface area contributed by atoms with Gasteiger partial charge in [-0.15, -0.1) is 0 Å². The summed E-state index contributed by atoms with van der Waals surface area (Å²) in [6.07, 6.45) is 1.71. The van der Waals surface area contributed by atoms with Crippen molar-refractivity contribution in [1.82, 2.24) is 4.98 Å². The molecule has 3 nitrogen and oxygen atoms in total. The molecular weight excluding hydrogens is 281 g/mol. The molecule has 0 unspecified atom stereocenters. The van der Waals surface area contributed by atoms with Crippen LogP contribution in [-0.4, -0.2) is 12.1 Å². The second kappa shape index (κ2) is 6.26. The first-order valence-corrected chi connectivity index (χ1v) is 6.78. The van der Waals surface area contributed by atoms with Gasteiger partial charge in [0.25, 0.3) is 0 Å². The van der Waals surface area contributed by atoms with Gasteiger partial charge in [-0.25, -0.2) is 4.39 Å². The summed E-state index contributed by atoms with van der Waals surface area (Å²) < 4.78 is 23.7. The molecule has 0 saturated carbocycles. The van der Waals surface area contributed by atoms with Crippen LogP contribution in [-0.2, 0) is 0 Å². The molecule has 1 aromatic heterocycles. The lowest BCUT2D eigenvalue weighted by Gasteiger charge is -2.07. The van der Waals surface area contributed by atoms with Crippen LogP contribution in [0.3, 0.4) is 0 Å². The minimum Gasteiger partial charge on any atom is -0.497 e. The number of hydrogen-bond acceptors (Lipinski definition) is 3. The van der Waals surface area contributed by atoms with Crippen LogP contribution in [0, 0.1) is 5.82 Å². The van der Waals surface area contributed by atoms with Crippen molar-refractivity contribution in [3.8, 4) is 28.5 Å². The number of hydrogen-bond donors (Lipinski definition) is 0. The highest BCUT2D eigenvalue weighted by Crippen LogP contribution is 2.26. The predicted octanol–water partition coefficient (Wildman–Crippen LogP) is 4.69. The fraction of sp³-hybridized carbons (Fsp3) is 0.0556. The van der Waals surface area contributed by atoms with Gasteiger partial charge in [0.1, 0.15) is 23.1 Å². The van der Waals surface area contributed by atoms with E-state index in [-0.39, 0.29) is 5.82 Å². The zero-order valence-electron chi connectivity index (χ0n) is 12.0. The van der Waals surface area contributed by atoms with E-state index in [0.717, 1.165) is 17.0 Å². The second-order valence-corrected chi connectivity index (χ2v) is 4.66. The van der Waals surface area contributed by atoms with Crippen molar-refractivity contribution in [2.24, 2.45) is 0 Å². The minimum absolute atomic E-state index is 0.285. The molecular formula is C18H14FNO2. The summed E-state index contributed by atoms with van der Waals surface area (Å²) in [5, 5.41) is 0. The maximum atomic E-state index is 12.9. The van der Waals surface area contributed by atoms with Crippen molar-refractivity contribution < 1.29 is 13.9 Å². The first-order valence-electron chi connectivity index (χ1n) is 6.78. The van der Waals surface area contributed by atoms with Gasteiger partial charge >= 0.3 is 0 Å². The summed E-state index contributed by atoms with van der Waals surface area (Å²) in [6, 6.07) is 17.1. The van der Waals surface area contributed by atoms with Gasteiger partial charge in [-0.05, 0) is 54.6 Å². The number of benzene rings is 2. The molecule has 0 spiro atoms. The number of pyridine rings is 1. The smallest absolute Gasteiger partial charge is 0.127 e. The van der Waals surface area contributed by atoms with Crippen molar-refractivity contribution in [3.05, 3.63) is 72.7 Å². The highest BCUT2D eigenvalue weighted by Gasteiger charge is 2.03. The molecule has 0 radical (unpaired) electrons. The third-order valence-electron chi connectivity index (χ3n) is 3.17. The Hall–Kier alpha value is -2.88. The van der Waals surface area contributed by atoms with Crippen LogP contribution in [0.25, 0.3) is 11.3 Å². The number of rotatable bonds is 4. The van der Waals surface area contributed by atoms with Gasteiger partial charge in [0, 0.05) is 17.8 Å². The van der Waals surface area contributed by atoms with Crippen LogP contribution in [0.4, 0.5) is 4.39 Å². The topological polar surface area (TPSA) is 31.4 Å². The van der Waals surface area contributed by atoms with Crippen molar-refractivity contribution in [3.63, 3.8) is 0 Å². The lowest BCUT2D eigenvalue weighted by atomic mass is 10.1. The maximum absolute atomic E-state index is 12.9. The SMILES string of the molecule is COc1ccnc(-c2ccc(Oc3ccc(F)cc3)cc2)c1. The molecule has 0 saturated heterocycles. The molecule has 0 fully saturated rings. The van der Waals surface area contributed by atoms with E-state index in [0.29, 0.717) is 11.5 Å². The van der Waals surface area contributed by atoms with Crippen molar-refractivity contribution in [1.29, 1.82) is 0 Å². The third kappa shape index (κ3) is 3.23. The third-order valence-corrected chi connectivity index (χ3v) is 3.17. The van der Waals surface area contributed by atoms with Gasteiger partial charge in [0.15, 0.2) is 0 Å². The summed E-state index contributed by atoms with van der Waals surface area (Å²) in [6.45, 7) is 0. The Morgan fingerprint density at radius 2 is 1.45 bits per heavy atom. The first kappa shape index (κ1) is 14.1. The van der Waals surface area contributed by atoms with Crippen LogP contribution >= 0.6 is 0 Å². The summed E-state index contributed by atoms with van der Waals surface area (Å²) in [4.78, 5) is 4.32. The molecule has 0 aliphatic rings. The van der Waals surface area contributed by atoms with Gasteiger partial charge in [-0.2, -0.15) is 0 Å². The quantitative estimate of drug-likeness (QED) is 0.699. The first-order chi connectivity index (χ1) is 10.7. The number of ether oxygens (including phenoxy) is 2. The van der Waals surface area contributed by atoms with Gasteiger partial charge < -0.3 is 9.47 Å². The molecule has 2 aromatic carbocycles. The summed E-state index contributed by atoms with van der Waals surface area (Å²) in [5.41, 5.74) is 1.79. The van der Waals surface area contributed by atoms with Gasteiger partial charge in [-0.3, -0.25) is 4.98 Å². The summed E-state index contributed by atoms with van der Waals surface area (Å²) >= 11 is 0. The molecule has 0 amide bonds. The molecule has 3 aromatic rings.